The van der Waals surface area contributed by atoms with E-state index in [2.05, 4.69) is 0 Å². The van der Waals surface area contributed by atoms with Crippen LogP contribution in [0.1, 0.15) is 32.1 Å². The van der Waals surface area contributed by atoms with Gasteiger partial charge in [-0.15, -0.1) is 0 Å². The zero-order valence-corrected chi connectivity index (χ0v) is 11.1. The zero-order valence-electron chi connectivity index (χ0n) is 11.1. The first kappa shape index (κ1) is 13.6. The van der Waals surface area contributed by atoms with Gasteiger partial charge in [-0.05, 0) is 30.9 Å². The summed E-state index contributed by atoms with van der Waals surface area (Å²) in [4.78, 5) is 10.6. The van der Waals surface area contributed by atoms with Crippen LogP contribution in [0.2, 0.25) is 0 Å². The molecule has 0 bridgehead atoms. The first-order chi connectivity index (χ1) is 9.22. The lowest BCUT2D eigenvalue weighted by Crippen LogP contribution is -2.15. The van der Waals surface area contributed by atoms with E-state index < -0.39 is 4.92 Å². The molecular weight excluding hydrogens is 246 g/mol. The van der Waals surface area contributed by atoms with E-state index in [4.69, 9.17) is 9.47 Å². The molecule has 104 valence electrons. The maximum Gasteiger partial charge on any atom is 0.352 e. The summed E-state index contributed by atoms with van der Waals surface area (Å²) in [5, 5.41) is 11.1. The Morgan fingerprint density at radius 2 is 1.95 bits per heavy atom. The van der Waals surface area contributed by atoms with Gasteiger partial charge in [0.05, 0.1) is 18.6 Å². The maximum atomic E-state index is 11.1. The lowest BCUT2D eigenvalue weighted by atomic mass is 9.90. The van der Waals surface area contributed by atoms with Crippen LogP contribution in [0.5, 0.6) is 11.5 Å². The van der Waals surface area contributed by atoms with Crippen LogP contribution in [0.15, 0.2) is 18.2 Å². The molecule has 1 aromatic rings. The van der Waals surface area contributed by atoms with Crippen molar-refractivity contribution < 1.29 is 14.4 Å². The summed E-state index contributed by atoms with van der Waals surface area (Å²) in [5.74, 6) is 1.06. The Bertz CT molecular complexity index is 441. The Balaban J connectivity index is 2.08. The van der Waals surface area contributed by atoms with E-state index in [-0.39, 0.29) is 11.4 Å². The SMILES string of the molecule is COc1cccc(OCC2CCCCC2)c1[N+](=O)[O-]. The molecule has 0 saturated heterocycles. The first-order valence-electron chi connectivity index (χ1n) is 6.66. The summed E-state index contributed by atoms with van der Waals surface area (Å²) in [5.41, 5.74) is -0.0826. The van der Waals surface area contributed by atoms with Gasteiger partial charge in [-0.1, -0.05) is 25.3 Å². The Hall–Kier alpha value is -1.78. The fourth-order valence-corrected chi connectivity index (χ4v) is 2.52. The summed E-state index contributed by atoms with van der Waals surface area (Å²) in [6.07, 6.45) is 6.05. The van der Waals surface area contributed by atoms with Gasteiger partial charge in [-0.25, -0.2) is 0 Å². The van der Waals surface area contributed by atoms with E-state index in [0.717, 1.165) is 12.8 Å². The lowest BCUT2D eigenvalue weighted by Gasteiger charge is -2.21. The number of rotatable bonds is 5. The van der Waals surface area contributed by atoms with Crippen molar-refractivity contribution in [2.45, 2.75) is 32.1 Å². The highest BCUT2D eigenvalue weighted by Gasteiger charge is 2.23. The minimum Gasteiger partial charge on any atom is -0.490 e. The standard InChI is InChI=1S/C14H19NO4/c1-18-12-8-5-9-13(14(12)15(16)17)19-10-11-6-3-2-4-7-11/h5,8-9,11H,2-4,6-7,10H2,1H3. The molecule has 5 nitrogen and oxygen atoms in total. The molecule has 0 heterocycles. The molecular formula is C14H19NO4. The number of hydrogen-bond donors (Lipinski definition) is 0. The van der Waals surface area contributed by atoms with Gasteiger partial charge in [0.25, 0.3) is 0 Å². The van der Waals surface area contributed by atoms with E-state index in [1.54, 1.807) is 18.2 Å². The van der Waals surface area contributed by atoms with Gasteiger partial charge in [0.1, 0.15) is 0 Å². The number of hydrogen-bond acceptors (Lipinski definition) is 4. The molecule has 0 aliphatic heterocycles. The highest BCUT2D eigenvalue weighted by molar-refractivity contribution is 5.57. The van der Waals surface area contributed by atoms with Crippen molar-refractivity contribution in [1.82, 2.24) is 0 Å². The third-order valence-corrected chi connectivity index (χ3v) is 3.56. The van der Waals surface area contributed by atoms with Gasteiger partial charge in [-0.3, -0.25) is 10.1 Å². The second kappa shape index (κ2) is 6.41. The average molecular weight is 265 g/mol. The highest BCUT2D eigenvalue weighted by atomic mass is 16.6. The molecule has 1 aliphatic carbocycles. The summed E-state index contributed by atoms with van der Waals surface area (Å²) >= 11 is 0. The first-order valence-corrected chi connectivity index (χ1v) is 6.66. The number of ether oxygens (including phenoxy) is 2. The number of para-hydroxylation sites is 1. The van der Waals surface area contributed by atoms with Gasteiger partial charge < -0.3 is 9.47 Å². The molecule has 2 rings (SSSR count). The zero-order chi connectivity index (χ0) is 13.7. The lowest BCUT2D eigenvalue weighted by molar-refractivity contribution is -0.386. The second-order valence-corrected chi connectivity index (χ2v) is 4.88. The van der Waals surface area contributed by atoms with E-state index in [0.29, 0.717) is 18.3 Å². The van der Waals surface area contributed by atoms with Crippen LogP contribution < -0.4 is 9.47 Å². The predicted molar refractivity (Wildman–Crippen MR) is 71.7 cm³/mol. The predicted octanol–water partition coefficient (Wildman–Crippen LogP) is 3.56. The molecule has 0 atom stereocenters. The third kappa shape index (κ3) is 3.36. The number of nitro groups is 1. The number of nitrogens with zero attached hydrogens (tertiary/aromatic N) is 1. The van der Waals surface area contributed by atoms with E-state index >= 15 is 0 Å². The maximum absolute atomic E-state index is 11.1. The average Bonchev–Trinajstić information content (AvgIpc) is 2.45. The van der Waals surface area contributed by atoms with Crippen molar-refractivity contribution in [3.8, 4) is 11.5 Å². The largest absolute Gasteiger partial charge is 0.490 e. The Labute approximate surface area is 112 Å². The fourth-order valence-electron chi connectivity index (χ4n) is 2.52. The van der Waals surface area contributed by atoms with Crippen LogP contribution in [0.4, 0.5) is 5.69 Å². The monoisotopic (exact) mass is 265 g/mol. The number of methoxy groups -OCH3 is 1. The summed E-state index contributed by atoms with van der Waals surface area (Å²) in [6.45, 7) is 0.550. The van der Waals surface area contributed by atoms with Gasteiger partial charge in [0, 0.05) is 0 Å². The molecule has 0 spiro atoms. The smallest absolute Gasteiger partial charge is 0.352 e. The fraction of sp³-hybridized carbons (Fsp3) is 0.571. The molecule has 1 aliphatic rings. The van der Waals surface area contributed by atoms with Crippen molar-refractivity contribution in [2.75, 3.05) is 13.7 Å². The van der Waals surface area contributed by atoms with Crippen LogP contribution in [0, 0.1) is 16.0 Å². The molecule has 5 heteroatoms. The van der Waals surface area contributed by atoms with Crippen molar-refractivity contribution >= 4 is 5.69 Å². The Morgan fingerprint density at radius 3 is 2.58 bits per heavy atom. The summed E-state index contributed by atoms with van der Waals surface area (Å²) in [6, 6.07) is 4.91. The summed E-state index contributed by atoms with van der Waals surface area (Å²) < 4.78 is 10.7. The van der Waals surface area contributed by atoms with Crippen molar-refractivity contribution in [3.05, 3.63) is 28.3 Å². The van der Waals surface area contributed by atoms with E-state index in [9.17, 15) is 10.1 Å². The van der Waals surface area contributed by atoms with Crippen LogP contribution >= 0.6 is 0 Å². The van der Waals surface area contributed by atoms with Crippen molar-refractivity contribution in [1.29, 1.82) is 0 Å². The van der Waals surface area contributed by atoms with Crippen molar-refractivity contribution in [2.24, 2.45) is 5.92 Å². The molecule has 0 N–H and O–H groups in total. The van der Waals surface area contributed by atoms with Gasteiger partial charge in [-0.2, -0.15) is 0 Å². The molecule has 19 heavy (non-hydrogen) atoms. The molecule has 0 radical (unpaired) electrons. The second-order valence-electron chi connectivity index (χ2n) is 4.88. The number of nitro benzene ring substituents is 1. The van der Waals surface area contributed by atoms with Crippen LogP contribution in [-0.2, 0) is 0 Å². The molecule has 1 aromatic carbocycles. The molecule has 0 unspecified atom stereocenters. The molecule has 0 amide bonds. The van der Waals surface area contributed by atoms with Gasteiger partial charge >= 0.3 is 5.69 Å². The minimum atomic E-state index is -0.449. The number of benzene rings is 1. The van der Waals surface area contributed by atoms with Crippen LogP contribution in [0.25, 0.3) is 0 Å². The van der Waals surface area contributed by atoms with Crippen LogP contribution in [0.3, 0.4) is 0 Å². The van der Waals surface area contributed by atoms with Gasteiger partial charge in [0.15, 0.2) is 0 Å². The molecule has 0 aromatic heterocycles. The van der Waals surface area contributed by atoms with E-state index in [1.807, 2.05) is 0 Å². The third-order valence-electron chi connectivity index (χ3n) is 3.56. The Kier molecular flexibility index (Phi) is 4.60. The van der Waals surface area contributed by atoms with Gasteiger partial charge in [0.2, 0.25) is 11.5 Å². The Morgan fingerprint density at radius 1 is 1.26 bits per heavy atom. The molecule has 1 saturated carbocycles. The normalized spacial score (nSPS) is 16.1. The topological polar surface area (TPSA) is 61.6 Å². The van der Waals surface area contributed by atoms with Crippen molar-refractivity contribution in [3.63, 3.8) is 0 Å². The van der Waals surface area contributed by atoms with E-state index in [1.165, 1.54) is 26.4 Å². The summed E-state index contributed by atoms with van der Waals surface area (Å²) in [7, 11) is 1.42. The minimum absolute atomic E-state index is 0.0826. The highest BCUT2D eigenvalue weighted by Crippen LogP contribution is 2.37. The van der Waals surface area contributed by atoms with Crippen LogP contribution in [-0.4, -0.2) is 18.6 Å². The molecule has 1 fully saturated rings. The quantitative estimate of drug-likeness (QED) is 0.603.